The molecule has 0 atom stereocenters. The van der Waals surface area contributed by atoms with Crippen molar-refractivity contribution in [2.45, 2.75) is 6.42 Å². The van der Waals surface area contributed by atoms with Crippen LogP contribution in [0.15, 0.2) is 53.5 Å². The standard InChI is InChI=1S/C21H28FN5/c1-25(2)19-7-3-17(4-8-19)11-12-24-21(23)27-15-13-26(14-16-27)20-9-5-18(22)6-10-20/h3-10H,11-16H2,1-2H3,(H2,23,24). The summed E-state index contributed by atoms with van der Waals surface area (Å²) in [4.78, 5) is 11.0. The van der Waals surface area contributed by atoms with E-state index in [1.54, 1.807) is 0 Å². The fraction of sp³-hybridized carbons (Fsp3) is 0.381. The lowest BCUT2D eigenvalue weighted by Gasteiger charge is -2.36. The number of nitrogens with zero attached hydrogens (tertiary/aromatic N) is 4. The molecule has 0 spiro atoms. The predicted molar refractivity (Wildman–Crippen MR) is 111 cm³/mol. The van der Waals surface area contributed by atoms with Crippen LogP contribution in [0.1, 0.15) is 5.56 Å². The first-order valence-electron chi connectivity index (χ1n) is 9.34. The molecule has 3 rings (SSSR count). The number of piperazine rings is 1. The molecule has 5 nitrogen and oxygen atoms in total. The molecule has 1 heterocycles. The molecule has 2 N–H and O–H groups in total. The molecule has 2 aromatic rings. The van der Waals surface area contributed by atoms with Crippen molar-refractivity contribution < 1.29 is 4.39 Å². The van der Waals surface area contributed by atoms with Crippen molar-refractivity contribution in [3.63, 3.8) is 0 Å². The van der Waals surface area contributed by atoms with Gasteiger partial charge in [0.2, 0.25) is 0 Å². The van der Waals surface area contributed by atoms with Gasteiger partial charge in [-0.25, -0.2) is 4.39 Å². The Labute approximate surface area is 160 Å². The van der Waals surface area contributed by atoms with Gasteiger partial charge < -0.3 is 20.4 Å². The summed E-state index contributed by atoms with van der Waals surface area (Å²) in [7, 11) is 4.08. The van der Waals surface area contributed by atoms with E-state index in [1.807, 2.05) is 26.2 Å². The highest BCUT2D eigenvalue weighted by Crippen LogP contribution is 2.17. The zero-order valence-electron chi connectivity index (χ0n) is 16.1. The van der Waals surface area contributed by atoms with Crippen LogP contribution in [-0.2, 0) is 6.42 Å². The van der Waals surface area contributed by atoms with E-state index < -0.39 is 0 Å². The lowest BCUT2D eigenvalue weighted by Crippen LogP contribution is -2.51. The van der Waals surface area contributed by atoms with Crippen LogP contribution in [0, 0.1) is 5.82 Å². The lowest BCUT2D eigenvalue weighted by atomic mass is 10.1. The van der Waals surface area contributed by atoms with Crippen LogP contribution < -0.4 is 15.5 Å². The fourth-order valence-corrected chi connectivity index (χ4v) is 3.21. The maximum atomic E-state index is 13.1. The first-order valence-corrected chi connectivity index (χ1v) is 9.34. The largest absolute Gasteiger partial charge is 0.378 e. The Balaban J connectivity index is 1.47. The number of benzene rings is 2. The van der Waals surface area contributed by atoms with Gasteiger partial charge in [0.05, 0.1) is 0 Å². The molecule has 0 unspecified atom stereocenters. The van der Waals surface area contributed by atoms with Gasteiger partial charge in [-0.3, -0.25) is 4.99 Å². The molecule has 1 aliphatic rings. The summed E-state index contributed by atoms with van der Waals surface area (Å²) in [6, 6.07) is 15.2. The third-order valence-electron chi connectivity index (χ3n) is 4.92. The van der Waals surface area contributed by atoms with E-state index in [-0.39, 0.29) is 5.82 Å². The Hall–Kier alpha value is -2.76. The third kappa shape index (κ3) is 5.12. The van der Waals surface area contributed by atoms with Crippen molar-refractivity contribution in [2.24, 2.45) is 10.7 Å². The zero-order valence-corrected chi connectivity index (χ0v) is 16.1. The van der Waals surface area contributed by atoms with Crippen molar-refractivity contribution in [1.29, 1.82) is 0 Å². The maximum Gasteiger partial charge on any atom is 0.191 e. The number of rotatable bonds is 5. The third-order valence-corrected chi connectivity index (χ3v) is 4.92. The summed E-state index contributed by atoms with van der Waals surface area (Å²) in [5, 5.41) is 0. The van der Waals surface area contributed by atoms with Gasteiger partial charge in [-0.2, -0.15) is 0 Å². The minimum absolute atomic E-state index is 0.204. The van der Waals surface area contributed by atoms with Gasteiger partial charge in [-0.05, 0) is 48.4 Å². The molecule has 27 heavy (non-hydrogen) atoms. The van der Waals surface area contributed by atoms with Gasteiger partial charge in [0.1, 0.15) is 5.82 Å². The molecule has 144 valence electrons. The Kier molecular flexibility index (Phi) is 6.16. The van der Waals surface area contributed by atoms with Crippen molar-refractivity contribution in [2.75, 3.05) is 56.6 Å². The highest BCUT2D eigenvalue weighted by molar-refractivity contribution is 5.78. The molecule has 0 aromatic heterocycles. The SMILES string of the molecule is CN(C)c1ccc(CCN=C(N)N2CCN(c3ccc(F)cc3)CC2)cc1. The number of guanidine groups is 1. The van der Waals surface area contributed by atoms with Crippen molar-refractivity contribution >= 4 is 17.3 Å². The molecule has 0 radical (unpaired) electrons. The molecule has 0 amide bonds. The second-order valence-electron chi connectivity index (χ2n) is 7.00. The number of halogens is 1. The normalized spacial score (nSPS) is 15.1. The van der Waals surface area contributed by atoms with Crippen LogP contribution >= 0.6 is 0 Å². The lowest BCUT2D eigenvalue weighted by molar-refractivity contribution is 0.381. The number of aliphatic imine (C=N–C) groups is 1. The number of anilines is 2. The van der Waals surface area contributed by atoms with E-state index >= 15 is 0 Å². The van der Waals surface area contributed by atoms with Crippen LogP contribution in [0.2, 0.25) is 0 Å². The van der Waals surface area contributed by atoms with Gasteiger partial charge in [0, 0.05) is 58.2 Å². The van der Waals surface area contributed by atoms with E-state index in [0.29, 0.717) is 12.5 Å². The van der Waals surface area contributed by atoms with Crippen LogP contribution in [0.25, 0.3) is 0 Å². The fourth-order valence-electron chi connectivity index (χ4n) is 3.21. The van der Waals surface area contributed by atoms with Crippen molar-refractivity contribution in [3.8, 4) is 0 Å². The second-order valence-corrected chi connectivity index (χ2v) is 7.00. The van der Waals surface area contributed by atoms with Crippen LogP contribution in [0.4, 0.5) is 15.8 Å². The number of hydrogen-bond acceptors (Lipinski definition) is 3. The summed E-state index contributed by atoms with van der Waals surface area (Å²) in [5.74, 6) is 0.406. The van der Waals surface area contributed by atoms with Gasteiger partial charge in [-0.1, -0.05) is 12.1 Å². The minimum atomic E-state index is -0.204. The van der Waals surface area contributed by atoms with E-state index in [4.69, 9.17) is 5.73 Å². The van der Waals surface area contributed by atoms with Crippen LogP contribution in [0.5, 0.6) is 0 Å². The summed E-state index contributed by atoms with van der Waals surface area (Å²) in [5.41, 5.74) is 9.69. The molecular weight excluding hydrogens is 341 g/mol. The average Bonchev–Trinajstić information content (AvgIpc) is 2.69. The molecule has 0 saturated carbocycles. The van der Waals surface area contributed by atoms with Gasteiger partial charge >= 0.3 is 0 Å². The Bertz CT molecular complexity index is 747. The number of nitrogens with two attached hydrogens (primary N) is 1. The average molecular weight is 369 g/mol. The van der Waals surface area contributed by atoms with Crippen LogP contribution in [0.3, 0.4) is 0 Å². The molecule has 0 bridgehead atoms. The highest BCUT2D eigenvalue weighted by atomic mass is 19.1. The van der Waals surface area contributed by atoms with E-state index in [1.165, 1.54) is 23.4 Å². The zero-order chi connectivity index (χ0) is 19.2. The predicted octanol–water partition coefficient (Wildman–Crippen LogP) is 2.57. The summed E-state index contributed by atoms with van der Waals surface area (Å²) >= 11 is 0. The smallest absolute Gasteiger partial charge is 0.191 e. The Morgan fingerprint density at radius 3 is 2.22 bits per heavy atom. The van der Waals surface area contributed by atoms with E-state index in [0.717, 1.165) is 38.3 Å². The van der Waals surface area contributed by atoms with Gasteiger partial charge in [0.25, 0.3) is 0 Å². The minimum Gasteiger partial charge on any atom is -0.378 e. The molecular formula is C21H28FN5. The van der Waals surface area contributed by atoms with Gasteiger partial charge in [-0.15, -0.1) is 0 Å². The molecule has 6 heteroatoms. The Morgan fingerprint density at radius 2 is 1.63 bits per heavy atom. The molecule has 1 fully saturated rings. The Morgan fingerprint density at radius 1 is 1.00 bits per heavy atom. The van der Waals surface area contributed by atoms with Crippen molar-refractivity contribution in [1.82, 2.24) is 4.90 Å². The van der Waals surface area contributed by atoms with E-state index in [9.17, 15) is 4.39 Å². The molecule has 1 aliphatic heterocycles. The monoisotopic (exact) mass is 369 g/mol. The maximum absolute atomic E-state index is 13.1. The molecule has 0 aliphatic carbocycles. The number of hydrogen-bond donors (Lipinski definition) is 1. The van der Waals surface area contributed by atoms with Crippen molar-refractivity contribution in [3.05, 3.63) is 59.9 Å². The first kappa shape index (κ1) is 19.0. The van der Waals surface area contributed by atoms with E-state index in [2.05, 4.69) is 44.0 Å². The van der Waals surface area contributed by atoms with Gasteiger partial charge in [0.15, 0.2) is 5.96 Å². The summed E-state index contributed by atoms with van der Waals surface area (Å²) in [6.45, 7) is 4.04. The highest BCUT2D eigenvalue weighted by Gasteiger charge is 2.18. The second kappa shape index (κ2) is 8.75. The molecule has 2 aromatic carbocycles. The first-order chi connectivity index (χ1) is 13.0. The summed E-state index contributed by atoms with van der Waals surface area (Å²) < 4.78 is 13.1. The van der Waals surface area contributed by atoms with Crippen LogP contribution in [-0.4, -0.2) is 57.7 Å². The molecule has 1 saturated heterocycles. The summed E-state index contributed by atoms with van der Waals surface area (Å²) in [6.07, 6.45) is 0.879. The quantitative estimate of drug-likeness (QED) is 0.650. The topological polar surface area (TPSA) is 48.1 Å².